The second-order valence-electron chi connectivity index (χ2n) is 10.3. The lowest BCUT2D eigenvalue weighted by Gasteiger charge is -2.38. The maximum atomic E-state index is 14.6. The number of fused-ring (bicyclic) bond motifs is 6. The summed E-state index contributed by atoms with van der Waals surface area (Å²) < 4.78 is 13.9. The quantitative estimate of drug-likeness (QED) is 0.297. The van der Waals surface area contributed by atoms with E-state index in [9.17, 15) is 18.8 Å². The van der Waals surface area contributed by atoms with Crippen LogP contribution in [0.15, 0.2) is 103 Å². The number of anilines is 1. The molecule has 0 aromatic heterocycles. The summed E-state index contributed by atoms with van der Waals surface area (Å²) in [6.07, 6.45) is 3.73. The van der Waals surface area contributed by atoms with Crippen molar-refractivity contribution in [3.8, 4) is 0 Å². The number of carbonyl (C=O) groups excluding carboxylic acids is 3. The molecule has 1 fully saturated rings. The van der Waals surface area contributed by atoms with E-state index in [1.54, 1.807) is 24.3 Å². The molecule has 196 valence electrons. The van der Waals surface area contributed by atoms with Gasteiger partial charge in [-0.25, -0.2) is 4.39 Å². The number of hydrogen-bond donors (Lipinski definition) is 1. The fourth-order valence-electron chi connectivity index (χ4n) is 6.75. The maximum absolute atomic E-state index is 14.6. The first-order valence-electron chi connectivity index (χ1n) is 13.0. The summed E-state index contributed by atoms with van der Waals surface area (Å²) in [4.78, 5) is 45.3. The first-order chi connectivity index (χ1) is 19.4. The molecule has 40 heavy (non-hydrogen) atoms. The van der Waals surface area contributed by atoms with Crippen LogP contribution < -0.4 is 5.32 Å². The summed E-state index contributed by atoms with van der Waals surface area (Å²) in [5, 5.41) is 3.49. The third-order valence-electron chi connectivity index (χ3n) is 8.38. The van der Waals surface area contributed by atoms with Crippen molar-refractivity contribution in [1.82, 2.24) is 4.90 Å². The highest BCUT2D eigenvalue weighted by atomic mass is 35.5. The third kappa shape index (κ3) is 3.36. The van der Waals surface area contributed by atoms with Crippen molar-refractivity contribution < 1.29 is 18.8 Å². The van der Waals surface area contributed by atoms with Gasteiger partial charge in [0, 0.05) is 28.0 Å². The zero-order valence-corrected chi connectivity index (χ0v) is 21.8. The third-order valence-corrected chi connectivity index (χ3v) is 8.63. The summed E-state index contributed by atoms with van der Waals surface area (Å²) in [6.45, 7) is 0. The first-order valence-corrected chi connectivity index (χ1v) is 13.3. The van der Waals surface area contributed by atoms with Gasteiger partial charge < -0.3 is 10.2 Å². The monoisotopic (exact) mass is 548 g/mol. The van der Waals surface area contributed by atoms with Crippen LogP contribution in [-0.4, -0.2) is 28.4 Å². The Morgan fingerprint density at radius 3 is 2.25 bits per heavy atom. The lowest BCUT2D eigenvalue weighted by atomic mass is 9.62. The van der Waals surface area contributed by atoms with Crippen LogP contribution in [0.4, 0.5) is 10.1 Å². The number of halogens is 2. The van der Waals surface area contributed by atoms with Gasteiger partial charge in [0.1, 0.15) is 17.3 Å². The van der Waals surface area contributed by atoms with Gasteiger partial charge in [0.2, 0.25) is 5.91 Å². The lowest BCUT2D eigenvalue weighted by Crippen LogP contribution is -2.49. The lowest BCUT2D eigenvalue weighted by molar-refractivity contribution is -0.122. The fourth-order valence-corrected chi connectivity index (χ4v) is 6.87. The van der Waals surface area contributed by atoms with Crippen LogP contribution in [0.1, 0.15) is 43.4 Å². The molecular formula is C33H22ClFN2O3. The molecule has 4 aromatic carbocycles. The summed E-state index contributed by atoms with van der Waals surface area (Å²) in [5.74, 6) is -2.66. The average molecular weight is 549 g/mol. The van der Waals surface area contributed by atoms with Crippen LogP contribution >= 0.6 is 11.6 Å². The topological polar surface area (TPSA) is 66.5 Å². The molecule has 0 aliphatic carbocycles. The molecule has 7 heteroatoms. The van der Waals surface area contributed by atoms with E-state index in [4.69, 9.17) is 11.6 Å². The molecule has 3 aliphatic rings. The Balaban J connectivity index is 1.53. The van der Waals surface area contributed by atoms with Gasteiger partial charge >= 0.3 is 0 Å². The minimum Gasteiger partial charge on any atom is -0.358 e. The number of rotatable bonds is 4. The predicted molar refractivity (Wildman–Crippen MR) is 151 cm³/mol. The van der Waals surface area contributed by atoms with E-state index in [-0.39, 0.29) is 17.3 Å². The molecule has 1 spiro atoms. The number of nitrogens with zero attached hydrogens (tertiary/aromatic N) is 1. The summed E-state index contributed by atoms with van der Waals surface area (Å²) >= 11 is 6.12. The van der Waals surface area contributed by atoms with Crippen molar-refractivity contribution in [1.29, 1.82) is 0 Å². The van der Waals surface area contributed by atoms with E-state index in [2.05, 4.69) is 5.32 Å². The standard InChI is InChI=1S/C33H22ClFN2O3/c34-22-13-9-21(10-14-22)30(39)28-27(29(38)20-11-15-23(35)16-12-20)33(25-7-3-4-8-26(25)36-32(33)40)31-24-6-2-1-5-19(24)17-18-37(28)31/h1-18,27-28,31H,(H,36,40)/t27-,28-,31+,33+/m0/s1. The van der Waals surface area contributed by atoms with Crippen LogP contribution in [0, 0.1) is 11.7 Å². The Kier molecular flexibility index (Phi) is 5.51. The van der Waals surface area contributed by atoms with Gasteiger partial charge in [-0.1, -0.05) is 54.1 Å². The van der Waals surface area contributed by atoms with Gasteiger partial charge in [0.15, 0.2) is 11.6 Å². The number of benzene rings is 4. The number of para-hydroxylation sites is 1. The van der Waals surface area contributed by atoms with E-state index in [1.165, 1.54) is 24.3 Å². The Hall–Kier alpha value is -4.55. The Bertz CT molecular complexity index is 1730. The molecule has 0 saturated carbocycles. The molecule has 3 heterocycles. The Morgan fingerprint density at radius 2 is 1.48 bits per heavy atom. The second kappa shape index (κ2) is 9.00. The number of ketones is 2. The number of Topliss-reactive ketones (excluding diaryl/α,β-unsaturated/α-hetero) is 2. The predicted octanol–water partition coefficient (Wildman–Crippen LogP) is 6.46. The molecule has 1 N–H and O–H groups in total. The van der Waals surface area contributed by atoms with Crippen LogP contribution in [0.5, 0.6) is 0 Å². The molecule has 1 amide bonds. The van der Waals surface area contributed by atoms with Crippen LogP contribution in [0.25, 0.3) is 6.08 Å². The SMILES string of the molecule is O=C(c1ccc(Cl)cc1)[C@@H]1[C@@H](C(=O)c2ccc(F)cc2)[C@@]2(C(=O)Nc3ccccc32)[C@H]2c3ccccc3C=CN12. The average Bonchev–Trinajstić information content (AvgIpc) is 3.45. The minimum absolute atomic E-state index is 0.231. The van der Waals surface area contributed by atoms with Gasteiger partial charge in [-0.3, -0.25) is 14.4 Å². The summed E-state index contributed by atoms with van der Waals surface area (Å²) in [6, 6.07) is 25.2. The normalized spacial score (nSPS) is 23.9. The van der Waals surface area contributed by atoms with E-state index in [0.29, 0.717) is 21.8 Å². The molecule has 7 rings (SSSR count). The maximum Gasteiger partial charge on any atom is 0.238 e. The fraction of sp³-hybridized carbons (Fsp3) is 0.121. The highest BCUT2D eigenvalue weighted by Gasteiger charge is 2.70. The number of nitrogens with one attached hydrogen (secondary N) is 1. The largest absolute Gasteiger partial charge is 0.358 e. The summed E-state index contributed by atoms with van der Waals surface area (Å²) in [7, 11) is 0. The van der Waals surface area contributed by atoms with Crippen molar-refractivity contribution in [2.45, 2.75) is 17.5 Å². The van der Waals surface area contributed by atoms with Gasteiger partial charge in [-0.15, -0.1) is 0 Å². The van der Waals surface area contributed by atoms with Crippen molar-refractivity contribution >= 4 is 40.8 Å². The van der Waals surface area contributed by atoms with E-state index < -0.39 is 35.0 Å². The van der Waals surface area contributed by atoms with Gasteiger partial charge in [0.05, 0.1) is 12.0 Å². The van der Waals surface area contributed by atoms with Crippen molar-refractivity contribution in [2.24, 2.45) is 5.92 Å². The first kappa shape index (κ1) is 24.5. The molecule has 3 aliphatic heterocycles. The zero-order valence-electron chi connectivity index (χ0n) is 21.1. The van der Waals surface area contributed by atoms with Gasteiger partial charge in [-0.2, -0.15) is 0 Å². The number of hydrogen-bond acceptors (Lipinski definition) is 4. The Labute approximate surface area is 234 Å². The minimum atomic E-state index is -1.43. The Morgan fingerprint density at radius 1 is 0.825 bits per heavy atom. The highest BCUT2D eigenvalue weighted by Crippen LogP contribution is 2.62. The van der Waals surface area contributed by atoms with E-state index in [0.717, 1.165) is 11.1 Å². The van der Waals surface area contributed by atoms with Crippen molar-refractivity contribution in [3.63, 3.8) is 0 Å². The highest BCUT2D eigenvalue weighted by molar-refractivity contribution is 6.30. The molecule has 4 aromatic rings. The molecule has 0 radical (unpaired) electrons. The number of amides is 1. The van der Waals surface area contributed by atoms with Crippen molar-refractivity contribution in [2.75, 3.05) is 5.32 Å². The second-order valence-corrected chi connectivity index (χ2v) is 10.8. The zero-order chi connectivity index (χ0) is 27.6. The smallest absolute Gasteiger partial charge is 0.238 e. The number of carbonyl (C=O) groups is 3. The molecule has 0 bridgehead atoms. The van der Waals surface area contributed by atoms with Gasteiger partial charge in [0.25, 0.3) is 0 Å². The van der Waals surface area contributed by atoms with Crippen LogP contribution in [0.3, 0.4) is 0 Å². The van der Waals surface area contributed by atoms with E-state index >= 15 is 0 Å². The molecule has 0 unspecified atom stereocenters. The molecule has 5 nitrogen and oxygen atoms in total. The van der Waals surface area contributed by atoms with Crippen LogP contribution in [-0.2, 0) is 10.2 Å². The molecule has 1 saturated heterocycles. The summed E-state index contributed by atoms with van der Waals surface area (Å²) in [5.41, 5.74) is 2.20. The van der Waals surface area contributed by atoms with Crippen molar-refractivity contribution in [3.05, 3.63) is 142 Å². The van der Waals surface area contributed by atoms with Gasteiger partial charge in [-0.05, 0) is 77.4 Å². The molecule has 4 atom stereocenters. The van der Waals surface area contributed by atoms with Crippen LogP contribution in [0.2, 0.25) is 5.02 Å². The van der Waals surface area contributed by atoms with E-state index in [1.807, 2.05) is 65.7 Å². The molecular weight excluding hydrogens is 527 g/mol.